The Kier molecular flexibility index (Phi) is 18.2. The lowest BCUT2D eigenvalue weighted by Crippen LogP contribution is -2.53. The number of benzene rings is 1. The van der Waals surface area contributed by atoms with Gasteiger partial charge >= 0.3 is 15.3 Å². The lowest BCUT2D eigenvalue weighted by Gasteiger charge is -2.56. The third-order valence-electron chi connectivity index (χ3n) is 13.1. The van der Waals surface area contributed by atoms with E-state index in [0.717, 1.165) is 44.9 Å². The second-order valence-corrected chi connectivity index (χ2v) is 29.5. The van der Waals surface area contributed by atoms with Crippen molar-refractivity contribution in [3.05, 3.63) is 47.5 Å². The van der Waals surface area contributed by atoms with Gasteiger partial charge in [0.1, 0.15) is 0 Å². The van der Waals surface area contributed by atoms with Crippen LogP contribution in [-0.2, 0) is 33.9 Å². The van der Waals surface area contributed by atoms with Crippen LogP contribution in [0.4, 0.5) is 0 Å². The molecule has 1 fully saturated rings. The summed E-state index contributed by atoms with van der Waals surface area (Å²) in [6.45, 7) is 19.0. The molecular formula is C42H80N4O6P2Si. The summed E-state index contributed by atoms with van der Waals surface area (Å²) in [6, 6.07) is 10.4. The molecule has 0 aromatic heterocycles. The van der Waals surface area contributed by atoms with Crippen molar-refractivity contribution in [3.63, 3.8) is 0 Å². The Balaban J connectivity index is 2.10. The maximum atomic E-state index is 14.6. The first kappa shape index (κ1) is 48.7. The molecule has 0 heterocycles. The smallest absolute Gasteiger partial charge is 0.345 e. The van der Waals surface area contributed by atoms with Gasteiger partial charge in [0, 0.05) is 18.6 Å². The second-order valence-electron chi connectivity index (χ2n) is 18.3. The minimum absolute atomic E-state index is 0.00137. The summed E-state index contributed by atoms with van der Waals surface area (Å²) in [5.41, 5.74) is 3.59. The summed E-state index contributed by atoms with van der Waals surface area (Å²) < 4.78 is 62.6. The molecule has 2 aliphatic rings. The van der Waals surface area contributed by atoms with Crippen LogP contribution < -0.4 is 0 Å². The van der Waals surface area contributed by atoms with Crippen LogP contribution in [0.5, 0.6) is 0 Å². The van der Waals surface area contributed by atoms with Gasteiger partial charge in [-0.15, -0.1) is 0 Å². The molecule has 0 spiro atoms. The molecule has 0 bridgehead atoms. The van der Waals surface area contributed by atoms with E-state index in [4.69, 9.17) is 18.2 Å². The van der Waals surface area contributed by atoms with Gasteiger partial charge in [0.25, 0.3) is 0 Å². The van der Waals surface area contributed by atoms with E-state index in [-0.39, 0.29) is 17.3 Å². The summed E-state index contributed by atoms with van der Waals surface area (Å²) >= 11 is 0. The monoisotopic (exact) mass is 827 g/mol. The van der Waals surface area contributed by atoms with E-state index in [0.29, 0.717) is 49.7 Å². The van der Waals surface area contributed by atoms with Crippen LogP contribution in [0.1, 0.15) is 99.0 Å². The minimum Gasteiger partial charge on any atom is -0.416 e. The van der Waals surface area contributed by atoms with Gasteiger partial charge in [0.05, 0.1) is 19.8 Å². The molecule has 0 unspecified atom stereocenters. The fourth-order valence-electron chi connectivity index (χ4n) is 10.2. The molecule has 13 heteroatoms. The molecule has 1 aromatic rings. The SMILES string of the molecule is CC(C)[Si](OCC[C@@]1(COP(=O)(N(C)C)N(C)C)[C@@H](COP(=O)(N(C)C)N(C)C)CC=C2[C@@H]1CCC[C@]2(C)CCCOCc1ccccc1)(C(C)C)C(C)C. The minimum atomic E-state index is -3.34. The third kappa shape index (κ3) is 10.9. The molecule has 4 atom stereocenters. The zero-order valence-corrected chi connectivity index (χ0v) is 40.3. The largest absolute Gasteiger partial charge is 0.416 e. The Morgan fingerprint density at radius 3 is 1.85 bits per heavy atom. The van der Waals surface area contributed by atoms with Crippen molar-refractivity contribution in [1.29, 1.82) is 0 Å². The average molecular weight is 827 g/mol. The Morgan fingerprint density at radius 2 is 1.33 bits per heavy atom. The van der Waals surface area contributed by atoms with Gasteiger partial charge < -0.3 is 18.2 Å². The zero-order valence-electron chi connectivity index (χ0n) is 37.5. The number of allylic oxidation sites excluding steroid dienone is 2. The highest BCUT2D eigenvalue weighted by Gasteiger charge is 2.55. The summed E-state index contributed by atoms with van der Waals surface area (Å²) in [4.78, 5) is 0. The molecule has 0 radical (unpaired) electrons. The fraction of sp³-hybridized carbons (Fsp3) is 0.810. The lowest BCUT2D eigenvalue weighted by molar-refractivity contribution is -0.0448. The highest BCUT2D eigenvalue weighted by molar-refractivity contribution is 7.54. The third-order valence-corrected chi connectivity index (χ3v) is 24.3. The van der Waals surface area contributed by atoms with Gasteiger partial charge in [-0.1, -0.05) is 96.9 Å². The molecule has 3 rings (SSSR count). The second kappa shape index (κ2) is 20.5. The topological polar surface area (TPSA) is 84.0 Å². The normalized spacial score (nSPS) is 24.2. The number of rotatable bonds is 23. The quantitative estimate of drug-likeness (QED) is 0.0460. The van der Waals surface area contributed by atoms with E-state index < -0.39 is 29.1 Å². The van der Waals surface area contributed by atoms with Crippen LogP contribution in [0.15, 0.2) is 42.0 Å². The van der Waals surface area contributed by atoms with Crippen LogP contribution >= 0.6 is 15.3 Å². The fourth-order valence-corrected chi connectivity index (χ4v) is 18.8. The summed E-state index contributed by atoms with van der Waals surface area (Å²) in [5, 5.41) is 0. The van der Waals surface area contributed by atoms with E-state index in [1.54, 1.807) is 18.7 Å². The van der Waals surface area contributed by atoms with Gasteiger partial charge in [-0.2, -0.15) is 0 Å². The van der Waals surface area contributed by atoms with Crippen molar-refractivity contribution in [2.75, 3.05) is 82.8 Å². The maximum absolute atomic E-state index is 14.6. The van der Waals surface area contributed by atoms with E-state index >= 15 is 0 Å². The van der Waals surface area contributed by atoms with Crippen LogP contribution in [-0.4, -0.2) is 110 Å². The van der Waals surface area contributed by atoms with Crippen molar-refractivity contribution in [2.24, 2.45) is 22.7 Å². The van der Waals surface area contributed by atoms with E-state index in [2.05, 4.69) is 78.8 Å². The van der Waals surface area contributed by atoms with E-state index in [1.165, 1.54) is 11.1 Å². The van der Waals surface area contributed by atoms with Crippen molar-refractivity contribution in [1.82, 2.24) is 18.7 Å². The predicted molar refractivity (Wildman–Crippen MR) is 233 cm³/mol. The van der Waals surface area contributed by atoms with E-state index in [1.807, 2.05) is 62.4 Å². The van der Waals surface area contributed by atoms with Crippen molar-refractivity contribution < 1.29 is 27.3 Å². The molecule has 1 aromatic carbocycles. The van der Waals surface area contributed by atoms with Crippen molar-refractivity contribution >= 4 is 23.7 Å². The zero-order chi connectivity index (χ0) is 41.4. The van der Waals surface area contributed by atoms with Gasteiger partial charge in [0.15, 0.2) is 8.32 Å². The first-order chi connectivity index (χ1) is 25.6. The van der Waals surface area contributed by atoms with Gasteiger partial charge in [-0.3, -0.25) is 9.13 Å². The highest BCUT2D eigenvalue weighted by atomic mass is 31.2. The Hall–Kier alpha value is -0.683. The molecule has 2 aliphatic carbocycles. The summed E-state index contributed by atoms with van der Waals surface area (Å²) in [5.74, 6) is 0.146. The molecule has 0 amide bonds. The molecule has 318 valence electrons. The number of ether oxygens (including phenoxy) is 1. The van der Waals surface area contributed by atoms with Crippen LogP contribution in [0, 0.1) is 22.7 Å². The number of fused-ring (bicyclic) bond motifs is 1. The van der Waals surface area contributed by atoms with Gasteiger partial charge in [0.2, 0.25) is 0 Å². The molecule has 55 heavy (non-hydrogen) atoms. The Bertz CT molecular complexity index is 1410. The molecule has 0 aliphatic heterocycles. The van der Waals surface area contributed by atoms with E-state index in [9.17, 15) is 9.13 Å². The Labute approximate surface area is 338 Å². The van der Waals surface area contributed by atoms with Crippen LogP contribution in [0.2, 0.25) is 16.6 Å². The number of nitrogens with zero attached hydrogens (tertiary/aromatic N) is 4. The molecule has 0 N–H and O–H groups in total. The average Bonchev–Trinajstić information content (AvgIpc) is 3.11. The van der Waals surface area contributed by atoms with Crippen molar-refractivity contribution in [2.45, 2.75) is 117 Å². The molecule has 1 saturated carbocycles. The number of hydrogen-bond donors (Lipinski definition) is 0. The standard InChI is InChI=1S/C42H80N4O6P2Si/c1-34(2)55(35(3)4,36(5)6)52-30-28-42(33-51-54(48,45(12)13)46(14)15)38(32-50-53(47,43(8)9)44(10)11)24-25-39-40(42)23-19-26-41(39,7)27-20-29-49-31-37-21-17-16-18-22-37/h16-18,21-22,25,34-36,38,40H,19-20,23-24,26-33H2,1-15H3/t38-,40+,41-,42-/m1/s1. The molecule has 0 saturated heterocycles. The van der Waals surface area contributed by atoms with Gasteiger partial charge in [-0.25, -0.2) is 18.7 Å². The lowest BCUT2D eigenvalue weighted by atomic mass is 9.50. The van der Waals surface area contributed by atoms with Crippen LogP contribution in [0.3, 0.4) is 0 Å². The Morgan fingerprint density at radius 1 is 0.782 bits per heavy atom. The predicted octanol–water partition coefficient (Wildman–Crippen LogP) is 10.8. The first-order valence-electron chi connectivity index (χ1n) is 20.8. The number of hydrogen-bond acceptors (Lipinski definition) is 6. The maximum Gasteiger partial charge on any atom is 0.345 e. The first-order valence-corrected chi connectivity index (χ1v) is 26.0. The molecular weight excluding hydrogens is 747 g/mol. The van der Waals surface area contributed by atoms with Gasteiger partial charge in [-0.05, 0) is 134 Å². The summed E-state index contributed by atoms with van der Waals surface area (Å²) in [7, 11) is 5.80. The van der Waals surface area contributed by atoms with Crippen molar-refractivity contribution in [3.8, 4) is 0 Å². The molecule has 10 nitrogen and oxygen atoms in total. The van der Waals surface area contributed by atoms with Crippen LogP contribution in [0.25, 0.3) is 0 Å². The highest BCUT2D eigenvalue weighted by Crippen LogP contribution is 2.63. The summed E-state index contributed by atoms with van der Waals surface area (Å²) in [6.07, 6.45) is 9.24.